The molecule has 0 aromatic carbocycles. The van der Waals surface area contributed by atoms with Gasteiger partial charge in [0.05, 0.1) is 33.0 Å². The van der Waals surface area contributed by atoms with Crippen LogP contribution in [0.5, 0.6) is 0 Å². The molecule has 0 saturated carbocycles. The maximum atomic E-state index is 11.5. The fourth-order valence-corrected chi connectivity index (χ4v) is 12.0. The van der Waals surface area contributed by atoms with Gasteiger partial charge in [0.1, 0.15) is 79.4 Å². The summed E-state index contributed by atoms with van der Waals surface area (Å²) in [5.41, 5.74) is 0. The minimum absolute atomic E-state index is 0.153. The first kappa shape index (κ1) is 76.4. The van der Waals surface area contributed by atoms with E-state index in [9.17, 15) is 58.9 Å². The molecule has 0 amide bonds. The van der Waals surface area contributed by atoms with Crippen LogP contribution in [0.3, 0.4) is 0 Å². The topological polar surface area (TPSA) is 320 Å². The Labute approximate surface area is 499 Å². The summed E-state index contributed by atoms with van der Waals surface area (Å²) in [5, 5.41) is 96.6. The molecule has 3 aliphatic heterocycles. The Hall–Kier alpha value is -0.810. The van der Waals surface area contributed by atoms with Crippen molar-refractivity contribution in [2.75, 3.05) is 46.2 Å². The van der Waals surface area contributed by atoms with E-state index >= 15 is 0 Å². The van der Waals surface area contributed by atoms with Gasteiger partial charge in [-0.1, -0.05) is 185 Å². The second-order valence-corrected chi connectivity index (χ2v) is 27.4. The third-order valence-corrected chi connectivity index (χ3v) is 17.7. The standard InChI is InChI=1S/C61H118O21S/c1-38(2)17-11-19-40(5)21-13-23-42(7)25-15-27-44(9)29-31-74-35-46(75-32-30-45(10)28-16-26-43(8)24-14-22-41(6)20-12-18-39(3)4)36-76-61-58(54(68)50(64)47(33-62)79-61)81-60-55(69)53(67)51(65)49(80-60)37-77-59-56(70)57(82-83(71,72)73)52(66)48(34-63)78-59/h38-70H,11-37H2,1-10H3,(H,71,72,73)/t40?,41?,42?,43?,44?,45?,46-,47+,48+,49+,50+,51+,52-,53?,54?,55?,56?,57?,58?,59+,60+,61-/m0/s1. The van der Waals surface area contributed by atoms with Gasteiger partial charge >= 0.3 is 10.4 Å². The smallest absolute Gasteiger partial charge is 0.394 e. The largest absolute Gasteiger partial charge is 0.397 e. The molecule has 3 aliphatic rings. The predicted octanol–water partition coefficient (Wildman–Crippen LogP) is 6.61. The highest BCUT2D eigenvalue weighted by atomic mass is 32.3. The Bertz CT molecular complexity index is 1750. The van der Waals surface area contributed by atoms with Crippen LogP contribution in [-0.2, 0) is 52.5 Å². The van der Waals surface area contributed by atoms with Gasteiger partial charge in [0.25, 0.3) is 0 Å². The number of aliphatic hydroxyl groups is 9. The second kappa shape index (κ2) is 40.7. The molecule has 10 N–H and O–H groups in total. The third kappa shape index (κ3) is 29.6. The second-order valence-electron chi connectivity index (χ2n) is 26.3. The molecule has 12 unspecified atom stereocenters. The zero-order valence-electron chi connectivity index (χ0n) is 52.3. The van der Waals surface area contributed by atoms with Crippen LogP contribution >= 0.6 is 0 Å². The van der Waals surface area contributed by atoms with Crippen LogP contribution in [-0.4, -0.2) is 203 Å². The maximum Gasteiger partial charge on any atom is 0.397 e. The van der Waals surface area contributed by atoms with Gasteiger partial charge in [0.15, 0.2) is 18.9 Å². The van der Waals surface area contributed by atoms with E-state index in [2.05, 4.69) is 73.4 Å². The molecule has 22 heteroatoms. The van der Waals surface area contributed by atoms with Crippen molar-refractivity contribution >= 4 is 10.4 Å². The summed E-state index contributed by atoms with van der Waals surface area (Å²) in [4.78, 5) is 0. The molecule has 83 heavy (non-hydrogen) atoms. The van der Waals surface area contributed by atoms with Crippen LogP contribution in [0.15, 0.2) is 0 Å². The molecular formula is C61H118O21S. The van der Waals surface area contributed by atoms with E-state index in [-0.39, 0.29) is 13.2 Å². The van der Waals surface area contributed by atoms with E-state index in [1.807, 2.05) is 0 Å². The van der Waals surface area contributed by atoms with Gasteiger partial charge < -0.3 is 83.9 Å². The van der Waals surface area contributed by atoms with E-state index in [4.69, 9.17) is 37.9 Å². The minimum atomic E-state index is -5.23. The summed E-state index contributed by atoms with van der Waals surface area (Å²) < 4.78 is 84.3. The molecule has 3 heterocycles. The molecule has 21 nitrogen and oxygen atoms in total. The SMILES string of the molecule is CC(C)CCCC(C)CCCC(C)CCCC(C)CCOC[C@@H](CO[C@H]1O[C@H](CO)[C@@H](O)C(O)C1O[C@H]1O[C@H](CO[C@@H]2O[C@H](CO)[C@H](O)C(OS(=O)(=O)O)C2O)[C@@H](O)C(O)C1O)OCCC(C)CCCC(C)CCCC(C)CCCC(C)C. The number of rotatable bonds is 45. The summed E-state index contributed by atoms with van der Waals surface area (Å²) in [6, 6.07) is 0. The highest BCUT2D eigenvalue weighted by molar-refractivity contribution is 7.80. The van der Waals surface area contributed by atoms with Crippen molar-refractivity contribution in [1.82, 2.24) is 0 Å². The number of aliphatic hydroxyl groups excluding tert-OH is 9. The van der Waals surface area contributed by atoms with E-state index in [0.717, 1.165) is 62.2 Å². The normalized spacial score (nSPS) is 31.7. The van der Waals surface area contributed by atoms with Gasteiger partial charge in [0, 0.05) is 13.2 Å². The molecule has 0 aromatic rings. The van der Waals surface area contributed by atoms with E-state index < -0.39 is 128 Å². The molecule has 0 aliphatic carbocycles. The first-order valence-electron chi connectivity index (χ1n) is 31.9. The highest BCUT2D eigenvalue weighted by Crippen LogP contribution is 2.33. The summed E-state index contributed by atoms with van der Waals surface area (Å²) in [5.74, 6) is 5.29. The summed E-state index contributed by atoms with van der Waals surface area (Å²) in [6.45, 7) is 21.6. The molecule has 0 spiro atoms. The average molecular weight is 1220 g/mol. The number of hydrogen-bond donors (Lipinski definition) is 10. The van der Waals surface area contributed by atoms with Crippen molar-refractivity contribution in [3.63, 3.8) is 0 Å². The van der Waals surface area contributed by atoms with E-state index in [1.165, 1.54) is 89.9 Å². The van der Waals surface area contributed by atoms with Gasteiger partial charge in [-0.3, -0.25) is 4.55 Å². The number of ether oxygens (including phenoxy) is 8. The van der Waals surface area contributed by atoms with Crippen molar-refractivity contribution < 1.29 is 101 Å². The molecule has 0 aromatic heterocycles. The fraction of sp³-hybridized carbons (Fsp3) is 1.00. The van der Waals surface area contributed by atoms with Crippen LogP contribution in [0.1, 0.15) is 198 Å². The lowest BCUT2D eigenvalue weighted by Gasteiger charge is -2.46. The number of hydrogen-bond acceptors (Lipinski definition) is 20. The maximum absolute atomic E-state index is 11.5. The van der Waals surface area contributed by atoms with Crippen molar-refractivity contribution in [3.05, 3.63) is 0 Å². The lowest BCUT2D eigenvalue weighted by molar-refractivity contribution is -0.373. The summed E-state index contributed by atoms with van der Waals surface area (Å²) in [7, 11) is -5.23. The minimum Gasteiger partial charge on any atom is -0.394 e. The van der Waals surface area contributed by atoms with Crippen LogP contribution in [0.25, 0.3) is 0 Å². The van der Waals surface area contributed by atoms with Crippen LogP contribution in [0.4, 0.5) is 0 Å². The van der Waals surface area contributed by atoms with Crippen molar-refractivity contribution in [2.45, 2.75) is 296 Å². The van der Waals surface area contributed by atoms with Gasteiger partial charge in [-0.2, -0.15) is 8.42 Å². The Balaban J connectivity index is 1.64. The molecule has 3 fully saturated rings. The van der Waals surface area contributed by atoms with Crippen molar-refractivity contribution in [3.8, 4) is 0 Å². The summed E-state index contributed by atoms with van der Waals surface area (Å²) >= 11 is 0. The van der Waals surface area contributed by atoms with Crippen LogP contribution < -0.4 is 0 Å². The van der Waals surface area contributed by atoms with Crippen molar-refractivity contribution in [2.24, 2.45) is 47.3 Å². The Morgan fingerprint density at radius 2 is 0.819 bits per heavy atom. The molecule has 3 rings (SSSR count). The van der Waals surface area contributed by atoms with E-state index in [1.54, 1.807) is 0 Å². The van der Waals surface area contributed by atoms with Crippen molar-refractivity contribution in [1.29, 1.82) is 0 Å². The lowest BCUT2D eigenvalue weighted by atomic mass is 9.91. The van der Waals surface area contributed by atoms with Crippen LogP contribution in [0, 0.1) is 47.3 Å². The molecule has 0 bridgehead atoms. The molecule has 0 radical (unpaired) electrons. The van der Waals surface area contributed by atoms with Gasteiger partial charge in [-0.05, 0) is 60.2 Å². The van der Waals surface area contributed by atoms with E-state index in [0.29, 0.717) is 36.9 Å². The fourth-order valence-electron chi connectivity index (χ4n) is 11.4. The molecule has 494 valence electrons. The average Bonchev–Trinajstić information content (AvgIpc) is 3.63. The van der Waals surface area contributed by atoms with Gasteiger partial charge in [-0.25, -0.2) is 4.18 Å². The van der Waals surface area contributed by atoms with Gasteiger partial charge in [0.2, 0.25) is 0 Å². The first-order valence-corrected chi connectivity index (χ1v) is 33.3. The molecule has 3 saturated heterocycles. The Kier molecular flexibility index (Phi) is 37.5. The summed E-state index contributed by atoms with van der Waals surface area (Å²) in [6.07, 6.45) is -3.64. The lowest BCUT2D eigenvalue weighted by Crippen LogP contribution is -2.65. The zero-order valence-corrected chi connectivity index (χ0v) is 53.1. The quantitative estimate of drug-likeness (QED) is 0.0226. The third-order valence-electron chi connectivity index (χ3n) is 17.3. The Morgan fingerprint density at radius 1 is 0.410 bits per heavy atom. The molecular weight excluding hydrogens is 1100 g/mol. The first-order chi connectivity index (χ1) is 39.2. The van der Waals surface area contributed by atoms with Crippen LogP contribution in [0.2, 0.25) is 0 Å². The monoisotopic (exact) mass is 1220 g/mol. The molecule has 22 atom stereocenters. The van der Waals surface area contributed by atoms with Gasteiger partial charge in [-0.15, -0.1) is 0 Å². The highest BCUT2D eigenvalue weighted by Gasteiger charge is 2.53. The Morgan fingerprint density at radius 3 is 1.28 bits per heavy atom. The predicted molar refractivity (Wildman–Crippen MR) is 313 cm³/mol. The zero-order chi connectivity index (χ0) is 61.8.